The zero-order chi connectivity index (χ0) is 13.4. The molecule has 0 saturated carbocycles. The Hall–Kier alpha value is -2.16. The quantitative estimate of drug-likeness (QED) is 0.259. The standard InChI is InChI=1S/C8H13N3O6/c9-4(3-12)1-2-5(13)10-6(7(14)15)11-8(16)17/h3-4,6,11H,1-2,9H2,(H,10,13)(H,14,15)(H,16,17). The second-order valence-electron chi connectivity index (χ2n) is 3.13. The van der Waals surface area contributed by atoms with Gasteiger partial charge in [-0.15, -0.1) is 0 Å². The summed E-state index contributed by atoms with van der Waals surface area (Å²) < 4.78 is 0. The third kappa shape index (κ3) is 6.84. The van der Waals surface area contributed by atoms with Crippen molar-refractivity contribution < 1.29 is 29.4 Å². The van der Waals surface area contributed by atoms with E-state index in [2.05, 4.69) is 0 Å². The molecule has 0 aliphatic rings. The lowest BCUT2D eigenvalue weighted by Crippen LogP contribution is -2.52. The molecule has 0 aromatic heterocycles. The molecular weight excluding hydrogens is 234 g/mol. The average molecular weight is 247 g/mol. The van der Waals surface area contributed by atoms with Gasteiger partial charge >= 0.3 is 12.1 Å². The van der Waals surface area contributed by atoms with Gasteiger partial charge in [0.15, 0.2) is 0 Å². The fourth-order valence-corrected chi connectivity index (χ4v) is 0.882. The lowest BCUT2D eigenvalue weighted by Gasteiger charge is -2.14. The van der Waals surface area contributed by atoms with E-state index in [1.165, 1.54) is 0 Å². The van der Waals surface area contributed by atoms with Gasteiger partial charge in [0, 0.05) is 6.42 Å². The molecule has 9 nitrogen and oxygen atoms in total. The number of aliphatic carboxylic acids is 1. The van der Waals surface area contributed by atoms with Gasteiger partial charge in [-0.3, -0.25) is 10.1 Å². The normalized spacial score (nSPS) is 13.2. The van der Waals surface area contributed by atoms with Crippen LogP contribution in [0.3, 0.4) is 0 Å². The van der Waals surface area contributed by atoms with Crippen LogP contribution in [0.25, 0.3) is 0 Å². The van der Waals surface area contributed by atoms with Crippen LogP contribution in [0.5, 0.6) is 0 Å². The Morgan fingerprint density at radius 3 is 2.24 bits per heavy atom. The maximum Gasteiger partial charge on any atom is 0.406 e. The van der Waals surface area contributed by atoms with Crippen molar-refractivity contribution >= 4 is 24.3 Å². The SMILES string of the molecule is NC(C=O)CCC(=O)NC(NC(=O)O)C(=O)O. The molecule has 0 radical (unpaired) electrons. The number of hydrogen-bond acceptors (Lipinski definition) is 5. The van der Waals surface area contributed by atoms with Crippen molar-refractivity contribution in [2.24, 2.45) is 5.73 Å². The molecule has 0 spiro atoms. The number of carbonyl (C=O) groups is 4. The van der Waals surface area contributed by atoms with Crippen LogP contribution in [0.4, 0.5) is 4.79 Å². The summed E-state index contributed by atoms with van der Waals surface area (Å²) in [6.45, 7) is 0. The van der Waals surface area contributed by atoms with Gasteiger partial charge in [0.2, 0.25) is 12.1 Å². The van der Waals surface area contributed by atoms with E-state index in [4.69, 9.17) is 15.9 Å². The second kappa shape index (κ2) is 7.17. The predicted octanol–water partition coefficient (Wildman–Crippen LogP) is -1.91. The van der Waals surface area contributed by atoms with Crippen LogP contribution >= 0.6 is 0 Å². The van der Waals surface area contributed by atoms with E-state index in [-0.39, 0.29) is 12.8 Å². The first kappa shape index (κ1) is 14.8. The van der Waals surface area contributed by atoms with Gasteiger partial charge < -0.3 is 26.1 Å². The molecule has 0 bridgehead atoms. The van der Waals surface area contributed by atoms with E-state index in [1.54, 1.807) is 5.32 Å². The average Bonchev–Trinajstić information content (AvgIpc) is 2.24. The van der Waals surface area contributed by atoms with Gasteiger partial charge in [-0.1, -0.05) is 0 Å². The van der Waals surface area contributed by atoms with Gasteiger partial charge in [-0.05, 0) is 6.42 Å². The number of amides is 2. The van der Waals surface area contributed by atoms with E-state index in [0.29, 0.717) is 6.29 Å². The summed E-state index contributed by atoms with van der Waals surface area (Å²) in [5, 5.41) is 20.4. The van der Waals surface area contributed by atoms with Crippen molar-refractivity contribution in [1.82, 2.24) is 10.6 Å². The Bertz CT molecular complexity index is 318. The minimum absolute atomic E-state index is 0.0503. The van der Waals surface area contributed by atoms with Crippen LogP contribution in [0.1, 0.15) is 12.8 Å². The molecule has 0 heterocycles. The van der Waals surface area contributed by atoms with Crippen LogP contribution in [-0.2, 0) is 14.4 Å². The highest BCUT2D eigenvalue weighted by atomic mass is 16.4. The molecule has 0 saturated heterocycles. The molecule has 0 aliphatic carbocycles. The van der Waals surface area contributed by atoms with Crippen LogP contribution in [0.2, 0.25) is 0 Å². The minimum Gasteiger partial charge on any atom is -0.478 e. The first-order valence-electron chi connectivity index (χ1n) is 4.59. The lowest BCUT2D eigenvalue weighted by atomic mass is 10.2. The number of nitrogens with one attached hydrogen (secondary N) is 2. The van der Waals surface area contributed by atoms with E-state index >= 15 is 0 Å². The zero-order valence-corrected chi connectivity index (χ0v) is 8.75. The Balaban J connectivity index is 4.17. The van der Waals surface area contributed by atoms with Gasteiger partial charge in [0.05, 0.1) is 6.04 Å². The monoisotopic (exact) mass is 247 g/mol. The zero-order valence-electron chi connectivity index (χ0n) is 8.75. The molecule has 0 fully saturated rings. The molecule has 17 heavy (non-hydrogen) atoms. The number of nitrogens with two attached hydrogens (primary N) is 1. The van der Waals surface area contributed by atoms with Gasteiger partial charge in [-0.25, -0.2) is 9.59 Å². The molecule has 0 aliphatic heterocycles. The summed E-state index contributed by atoms with van der Waals surface area (Å²) in [5.41, 5.74) is 5.22. The fourth-order valence-electron chi connectivity index (χ4n) is 0.882. The maximum atomic E-state index is 11.2. The first-order chi connectivity index (χ1) is 7.86. The molecule has 0 aromatic rings. The van der Waals surface area contributed by atoms with Crippen molar-refractivity contribution in [2.75, 3.05) is 0 Å². The molecule has 6 N–H and O–H groups in total. The predicted molar refractivity (Wildman–Crippen MR) is 54.0 cm³/mol. The molecule has 2 unspecified atom stereocenters. The molecule has 9 heteroatoms. The Labute approximate surface area is 96.0 Å². The van der Waals surface area contributed by atoms with Gasteiger partial charge in [-0.2, -0.15) is 0 Å². The largest absolute Gasteiger partial charge is 0.478 e. The van der Waals surface area contributed by atoms with E-state index in [0.717, 1.165) is 0 Å². The highest BCUT2D eigenvalue weighted by molar-refractivity contribution is 5.85. The summed E-state index contributed by atoms with van der Waals surface area (Å²) in [6, 6.07) is -0.809. The summed E-state index contributed by atoms with van der Waals surface area (Å²) in [4.78, 5) is 42.1. The molecule has 2 amide bonds. The Morgan fingerprint density at radius 2 is 1.82 bits per heavy atom. The van der Waals surface area contributed by atoms with Crippen molar-refractivity contribution in [3.8, 4) is 0 Å². The van der Waals surface area contributed by atoms with Gasteiger partial charge in [0.1, 0.15) is 6.29 Å². The molecular formula is C8H13N3O6. The first-order valence-corrected chi connectivity index (χ1v) is 4.59. The van der Waals surface area contributed by atoms with E-state index < -0.39 is 30.2 Å². The third-order valence-electron chi connectivity index (χ3n) is 1.70. The van der Waals surface area contributed by atoms with Crippen molar-refractivity contribution in [3.63, 3.8) is 0 Å². The number of aldehydes is 1. The van der Waals surface area contributed by atoms with Crippen LogP contribution in [0, 0.1) is 0 Å². The van der Waals surface area contributed by atoms with Crippen LogP contribution in [-0.4, -0.2) is 46.7 Å². The fraction of sp³-hybridized carbons (Fsp3) is 0.500. The highest BCUT2D eigenvalue weighted by Crippen LogP contribution is 1.93. The molecule has 96 valence electrons. The second-order valence-corrected chi connectivity index (χ2v) is 3.13. The maximum absolute atomic E-state index is 11.2. The smallest absolute Gasteiger partial charge is 0.406 e. The molecule has 0 rings (SSSR count). The van der Waals surface area contributed by atoms with Crippen molar-refractivity contribution in [1.29, 1.82) is 0 Å². The summed E-state index contributed by atoms with van der Waals surface area (Å²) in [7, 11) is 0. The Morgan fingerprint density at radius 1 is 1.24 bits per heavy atom. The molecule has 2 atom stereocenters. The van der Waals surface area contributed by atoms with E-state index in [9.17, 15) is 19.2 Å². The highest BCUT2D eigenvalue weighted by Gasteiger charge is 2.21. The lowest BCUT2D eigenvalue weighted by molar-refractivity contribution is -0.142. The van der Waals surface area contributed by atoms with Crippen LogP contribution in [0.15, 0.2) is 0 Å². The number of carboxylic acids is 1. The van der Waals surface area contributed by atoms with E-state index in [1.807, 2.05) is 5.32 Å². The third-order valence-corrected chi connectivity index (χ3v) is 1.70. The summed E-state index contributed by atoms with van der Waals surface area (Å²) in [6.07, 6.45) is -2.98. The summed E-state index contributed by atoms with van der Waals surface area (Å²) in [5.74, 6) is -2.26. The number of carbonyl (C=O) groups excluding carboxylic acids is 2. The summed E-state index contributed by atoms with van der Waals surface area (Å²) >= 11 is 0. The minimum atomic E-state index is -1.73. The van der Waals surface area contributed by atoms with Gasteiger partial charge in [0.25, 0.3) is 0 Å². The van der Waals surface area contributed by atoms with Crippen molar-refractivity contribution in [2.45, 2.75) is 25.0 Å². The topological polar surface area (TPSA) is 159 Å². The number of rotatable bonds is 7. The number of carboxylic acid groups (broad SMARTS) is 2. The molecule has 0 aromatic carbocycles. The van der Waals surface area contributed by atoms with Crippen LogP contribution < -0.4 is 16.4 Å². The van der Waals surface area contributed by atoms with Crippen molar-refractivity contribution in [3.05, 3.63) is 0 Å². The number of hydrogen-bond donors (Lipinski definition) is 5. The Kier molecular flexibility index (Phi) is 6.26.